The molecule has 12 heteroatoms. The fourth-order valence-corrected chi connectivity index (χ4v) is 3.34. The largest absolute Gasteiger partial charge is 0.497 e. The normalized spacial score (nSPS) is 11.2. The number of halogens is 3. The molecule has 0 unspecified atom stereocenters. The maximum atomic E-state index is 12.9. The fraction of sp³-hybridized carbons (Fsp3) is 0.192. The molecule has 0 radical (unpaired) electrons. The van der Waals surface area contributed by atoms with Crippen molar-refractivity contribution in [1.82, 2.24) is 15.0 Å². The molecule has 1 amide bonds. The van der Waals surface area contributed by atoms with E-state index in [1.165, 1.54) is 44.8 Å². The number of rotatable bonds is 9. The summed E-state index contributed by atoms with van der Waals surface area (Å²) in [6.07, 6.45) is -1.67. The molecule has 4 aromatic rings. The van der Waals surface area contributed by atoms with Crippen molar-refractivity contribution in [3.05, 3.63) is 83.8 Å². The van der Waals surface area contributed by atoms with Crippen LogP contribution in [0, 0.1) is 0 Å². The van der Waals surface area contributed by atoms with Gasteiger partial charge < -0.3 is 19.2 Å². The van der Waals surface area contributed by atoms with Gasteiger partial charge in [0.2, 0.25) is 0 Å². The van der Waals surface area contributed by atoms with Crippen LogP contribution in [0.5, 0.6) is 11.5 Å². The summed E-state index contributed by atoms with van der Waals surface area (Å²) < 4.78 is 54.4. The number of benzene rings is 2. The number of hydrogen-bond donors (Lipinski definition) is 1. The summed E-state index contributed by atoms with van der Waals surface area (Å²) in [5.41, 5.74) is 0.928. The number of nitrogens with zero attached hydrogens (tertiary/aromatic N) is 3. The molecular formula is C26H23F3N4O5. The Kier molecular flexibility index (Phi) is 7.82. The standard InChI is InChI=1S/C26H23F3N4O5/c1-33(37-15-16-4-10-20(35-2)11-5-16)24(34)23-21(36-3)12-19(13-30-23)32-25-31-14-22(38-25)17-6-8-18(9-7-17)26(27,28)29/h4-14H,15H2,1-3H3,(H,31,32). The highest BCUT2D eigenvalue weighted by molar-refractivity contribution is 5.94. The summed E-state index contributed by atoms with van der Waals surface area (Å²) in [5, 5.41) is 3.95. The van der Waals surface area contributed by atoms with E-state index in [1.54, 1.807) is 19.2 Å². The third-order valence-corrected chi connectivity index (χ3v) is 5.40. The SMILES string of the molecule is COc1ccc(CON(C)C(=O)c2ncc(Nc3ncc(-c4ccc(C(F)(F)F)cc4)o3)cc2OC)cc1. The van der Waals surface area contributed by atoms with Crippen LogP contribution >= 0.6 is 0 Å². The van der Waals surface area contributed by atoms with Gasteiger partial charge in [-0.25, -0.2) is 15.0 Å². The Morgan fingerprint density at radius 3 is 2.34 bits per heavy atom. The predicted molar refractivity (Wildman–Crippen MR) is 131 cm³/mol. The number of methoxy groups -OCH3 is 2. The summed E-state index contributed by atoms with van der Waals surface area (Å²) in [7, 11) is 4.43. The van der Waals surface area contributed by atoms with Crippen LogP contribution in [0.2, 0.25) is 0 Å². The summed E-state index contributed by atoms with van der Waals surface area (Å²) in [6.45, 7) is 0.152. The van der Waals surface area contributed by atoms with Gasteiger partial charge in [-0.15, -0.1) is 0 Å². The maximum absolute atomic E-state index is 12.9. The molecule has 2 aromatic carbocycles. The average molecular weight is 528 g/mol. The number of alkyl halides is 3. The zero-order valence-corrected chi connectivity index (χ0v) is 20.6. The number of amides is 1. The van der Waals surface area contributed by atoms with Gasteiger partial charge in [-0.05, 0) is 29.8 Å². The van der Waals surface area contributed by atoms with E-state index in [4.69, 9.17) is 18.7 Å². The number of hydroxylamine groups is 2. The second kappa shape index (κ2) is 11.2. The van der Waals surface area contributed by atoms with E-state index in [-0.39, 0.29) is 29.8 Å². The van der Waals surface area contributed by atoms with E-state index in [0.717, 1.165) is 22.8 Å². The number of hydrogen-bond acceptors (Lipinski definition) is 8. The number of nitrogens with one attached hydrogen (secondary N) is 1. The minimum absolute atomic E-state index is 0.0214. The lowest BCUT2D eigenvalue weighted by Gasteiger charge is -2.18. The van der Waals surface area contributed by atoms with E-state index in [9.17, 15) is 18.0 Å². The number of anilines is 2. The number of oxazole rings is 1. The molecule has 38 heavy (non-hydrogen) atoms. The highest BCUT2D eigenvalue weighted by Crippen LogP contribution is 2.32. The van der Waals surface area contributed by atoms with Crippen LogP contribution in [-0.2, 0) is 17.6 Å². The second-order valence-electron chi connectivity index (χ2n) is 7.93. The van der Waals surface area contributed by atoms with Crippen molar-refractivity contribution in [2.24, 2.45) is 0 Å². The van der Waals surface area contributed by atoms with E-state index in [2.05, 4.69) is 15.3 Å². The summed E-state index contributed by atoms with van der Waals surface area (Å²) in [5.74, 6) is 0.627. The third kappa shape index (κ3) is 6.21. The minimum Gasteiger partial charge on any atom is -0.497 e. The van der Waals surface area contributed by atoms with Crippen molar-refractivity contribution < 1.29 is 36.7 Å². The number of pyridine rings is 1. The van der Waals surface area contributed by atoms with Crippen molar-refractivity contribution in [2.75, 3.05) is 26.6 Å². The van der Waals surface area contributed by atoms with Gasteiger partial charge in [-0.2, -0.15) is 13.2 Å². The molecular weight excluding hydrogens is 505 g/mol. The molecule has 198 valence electrons. The molecule has 2 heterocycles. The number of carbonyl (C=O) groups excluding carboxylic acids is 1. The lowest BCUT2D eigenvalue weighted by atomic mass is 10.1. The molecule has 0 bridgehead atoms. The first-order chi connectivity index (χ1) is 18.2. The molecule has 9 nitrogen and oxygen atoms in total. The van der Waals surface area contributed by atoms with Crippen LogP contribution in [0.3, 0.4) is 0 Å². The van der Waals surface area contributed by atoms with Crippen LogP contribution in [0.25, 0.3) is 11.3 Å². The van der Waals surface area contributed by atoms with E-state index >= 15 is 0 Å². The lowest BCUT2D eigenvalue weighted by Crippen LogP contribution is -2.28. The molecule has 0 aliphatic rings. The fourth-order valence-electron chi connectivity index (χ4n) is 3.34. The van der Waals surface area contributed by atoms with Crippen LogP contribution in [-0.4, -0.2) is 42.2 Å². The van der Waals surface area contributed by atoms with E-state index in [0.29, 0.717) is 17.0 Å². The average Bonchev–Trinajstić information content (AvgIpc) is 3.39. The molecule has 4 rings (SSSR count). The monoisotopic (exact) mass is 528 g/mol. The van der Waals surface area contributed by atoms with E-state index in [1.807, 2.05) is 12.1 Å². The van der Waals surface area contributed by atoms with Gasteiger partial charge in [0, 0.05) is 18.7 Å². The van der Waals surface area contributed by atoms with Crippen LogP contribution in [0.1, 0.15) is 21.6 Å². The smallest absolute Gasteiger partial charge is 0.416 e. The number of ether oxygens (including phenoxy) is 2. The summed E-state index contributed by atoms with van der Waals surface area (Å²) >= 11 is 0. The third-order valence-electron chi connectivity index (χ3n) is 5.40. The first-order valence-electron chi connectivity index (χ1n) is 11.2. The van der Waals surface area contributed by atoms with Crippen molar-refractivity contribution in [1.29, 1.82) is 0 Å². The summed E-state index contributed by atoms with van der Waals surface area (Å²) in [6, 6.07) is 13.3. The highest BCUT2D eigenvalue weighted by atomic mass is 19.4. The van der Waals surface area contributed by atoms with E-state index < -0.39 is 17.6 Å². The van der Waals surface area contributed by atoms with Crippen LogP contribution in [0.4, 0.5) is 24.9 Å². The Hall–Kier alpha value is -4.58. The Labute approximate surface area is 215 Å². The van der Waals surface area contributed by atoms with Crippen molar-refractivity contribution >= 4 is 17.6 Å². The Morgan fingerprint density at radius 2 is 1.71 bits per heavy atom. The molecule has 0 fully saturated rings. The Balaban J connectivity index is 1.41. The lowest BCUT2D eigenvalue weighted by molar-refractivity contribution is -0.137. The molecule has 2 aromatic heterocycles. The zero-order valence-electron chi connectivity index (χ0n) is 20.6. The quantitative estimate of drug-likeness (QED) is 0.276. The zero-order chi connectivity index (χ0) is 27.3. The molecule has 0 atom stereocenters. The van der Waals surface area contributed by atoms with Gasteiger partial charge >= 0.3 is 6.18 Å². The topological polar surface area (TPSA) is 99.0 Å². The van der Waals surface area contributed by atoms with Crippen molar-refractivity contribution in [2.45, 2.75) is 12.8 Å². The van der Waals surface area contributed by atoms with Gasteiger partial charge in [0.25, 0.3) is 11.9 Å². The summed E-state index contributed by atoms with van der Waals surface area (Å²) in [4.78, 5) is 26.7. The Morgan fingerprint density at radius 1 is 1.00 bits per heavy atom. The molecule has 0 spiro atoms. The molecule has 1 N–H and O–H groups in total. The maximum Gasteiger partial charge on any atom is 0.416 e. The first kappa shape index (κ1) is 26.5. The van der Waals surface area contributed by atoms with Crippen LogP contribution < -0.4 is 14.8 Å². The minimum atomic E-state index is -4.43. The molecule has 0 saturated heterocycles. The van der Waals surface area contributed by atoms with Crippen molar-refractivity contribution in [3.63, 3.8) is 0 Å². The molecule has 0 aliphatic heterocycles. The van der Waals surface area contributed by atoms with Gasteiger partial charge in [0.05, 0.1) is 37.9 Å². The van der Waals surface area contributed by atoms with Gasteiger partial charge in [0.15, 0.2) is 17.2 Å². The number of carbonyl (C=O) groups is 1. The highest BCUT2D eigenvalue weighted by Gasteiger charge is 2.30. The van der Waals surface area contributed by atoms with Gasteiger partial charge in [-0.1, -0.05) is 24.3 Å². The second-order valence-corrected chi connectivity index (χ2v) is 7.93. The molecule has 0 saturated carbocycles. The van der Waals surface area contributed by atoms with Gasteiger partial charge in [0.1, 0.15) is 12.4 Å². The van der Waals surface area contributed by atoms with Gasteiger partial charge in [-0.3, -0.25) is 9.63 Å². The van der Waals surface area contributed by atoms with Crippen LogP contribution in [0.15, 0.2) is 71.4 Å². The number of aromatic nitrogens is 2. The Bertz CT molecular complexity index is 1390. The first-order valence-corrected chi connectivity index (χ1v) is 11.2. The molecule has 0 aliphatic carbocycles. The predicted octanol–water partition coefficient (Wildman–Crippen LogP) is 5.72. The van der Waals surface area contributed by atoms with Crippen molar-refractivity contribution in [3.8, 4) is 22.8 Å².